The van der Waals surface area contributed by atoms with Gasteiger partial charge in [-0.25, -0.2) is 0 Å². The molecule has 102 valence electrons. The van der Waals surface area contributed by atoms with Gasteiger partial charge in [-0.3, -0.25) is 9.59 Å². The van der Waals surface area contributed by atoms with Gasteiger partial charge in [-0.15, -0.1) is 0 Å². The highest BCUT2D eigenvalue weighted by Gasteiger charge is 2.15. The summed E-state index contributed by atoms with van der Waals surface area (Å²) >= 11 is 0. The Morgan fingerprint density at radius 2 is 1.63 bits per heavy atom. The van der Waals surface area contributed by atoms with Crippen LogP contribution in [0.2, 0.25) is 0 Å². The number of benzene rings is 1. The molecule has 0 saturated carbocycles. The number of hydrogen-bond acceptors (Lipinski definition) is 2. The normalized spacial score (nSPS) is 11.4. The highest BCUT2D eigenvalue weighted by Crippen LogP contribution is 2.12. The van der Waals surface area contributed by atoms with E-state index in [1.54, 1.807) is 13.8 Å². The molecule has 2 amide bonds. The smallest absolute Gasteiger partial charge is 0.268 e. The maximum absolute atomic E-state index is 12.1. The molecule has 0 unspecified atom stereocenters. The molecule has 4 heteroatoms. The molecule has 1 aromatic carbocycles. The first-order chi connectivity index (χ1) is 8.91. The Morgan fingerprint density at radius 3 is 2.11 bits per heavy atom. The predicted molar refractivity (Wildman–Crippen MR) is 75.2 cm³/mol. The van der Waals surface area contributed by atoms with Gasteiger partial charge in [0.1, 0.15) is 5.70 Å². The van der Waals surface area contributed by atoms with Gasteiger partial charge in [-0.05, 0) is 31.9 Å². The molecule has 1 atom stereocenters. The van der Waals surface area contributed by atoms with E-state index in [0.717, 1.165) is 11.1 Å². The van der Waals surface area contributed by atoms with Gasteiger partial charge in [-0.2, -0.15) is 0 Å². The first kappa shape index (κ1) is 15.0. The maximum atomic E-state index is 12.1. The lowest BCUT2D eigenvalue weighted by molar-refractivity contribution is -0.122. The molecule has 0 radical (unpaired) electrons. The molecule has 4 nitrogen and oxygen atoms in total. The van der Waals surface area contributed by atoms with E-state index in [-0.39, 0.29) is 17.9 Å². The van der Waals surface area contributed by atoms with Crippen molar-refractivity contribution in [1.29, 1.82) is 0 Å². The minimum atomic E-state index is -0.272. The maximum Gasteiger partial charge on any atom is 0.268 e. The number of nitrogens with one attached hydrogen (secondary N) is 2. The minimum Gasteiger partial charge on any atom is -0.344 e. The third-order valence-corrected chi connectivity index (χ3v) is 2.68. The highest BCUT2D eigenvalue weighted by atomic mass is 16.2. The molecule has 0 aliphatic carbocycles. The summed E-state index contributed by atoms with van der Waals surface area (Å²) in [4.78, 5) is 23.2. The van der Waals surface area contributed by atoms with Gasteiger partial charge in [0, 0.05) is 6.92 Å². The van der Waals surface area contributed by atoms with Crippen LogP contribution in [0.5, 0.6) is 0 Å². The van der Waals surface area contributed by atoms with Crippen LogP contribution in [-0.4, -0.2) is 11.8 Å². The van der Waals surface area contributed by atoms with Crippen LogP contribution >= 0.6 is 0 Å². The Kier molecular flexibility index (Phi) is 5.30. The third kappa shape index (κ3) is 4.58. The van der Waals surface area contributed by atoms with Gasteiger partial charge in [-0.1, -0.05) is 30.3 Å². The summed E-state index contributed by atoms with van der Waals surface area (Å²) in [6.07, 6.45) is 0. The second kappa shape index (κ2) is 6.73. The minimum absolute atomic E-state index is 0.114. The summed E-state index contributed by atoms with van der Waals surface area (Å²) in [7, 11) is 0. The molecule has 1 aromatic rings. The molecule has 19 heavy (non-hydrogen) atoms. The number of hydrogen-bond donors (Lipinski definition) is 2. The first-order valence-corrected chi connectivity index (χ1v) is 6.22. The zero-order valence-electron chi connectivity index (χ0n) is 11.8. The summed E-state index contributed by atoms with van der Waals surface area (Å²) in [6.45, 7) is 6.87. The van der Waals surface area contributed by atoms with Crippen molar-refractivity contribution in [2.75, 3.05) is 0 Å². The van der Waals surface area contributed by atoms with Crippen molar-refractivity contribution >= 4 is 11.8 Å². The van der Waals surface area contributed by atoms with E-state index in [1.165, 1.54) is 6.92 Å². The molecule has 0 saturated heterocycles. The molecule has 1 rings (SSSR count). The highest BCUT2D eigenvalue weighted by molar-refractivity contribution is 5.97. The van der Waals surface area contributed by atoms with E-state index in [1.807, 2.05) is 37.3 Å². The SMILES string of the molecule is CC(=O)NC(C(=O)N[C@H](C)c1ccccc1)=C(C)C. The average Bonchev–Trinajstić information content (AvgIpc) is 2.36. The summed E-state index contributed by atoms with van der Waals surface area (Å²) in [5, 5.41) is 5.44. The van der Waals surface area contributed by atoms with Crippen molar-refractivity contribution in [1.82, 2.24) is 10.6 Å². The summed E-state index contributed by atoms with van der Waals surface area (Å²) in [5.74, 6) is -0.523. The molecule has 0 bridgehead atoms. The Labute approximate surface area is 113 Å². The van der Waals surface area contributed by atoms with E-state index in [2.05, 4.69) is 10.6 Å². The fourth-order valence-electron chi connectivity index (χ4n) is 1.68. The average molecular weight is 260 g/mol. The number of rotatable bonds is 4. The fraction of sp³-hybridized carbons (Fsp3) is 0.333. The molecule has 0 aliphatic rings. The van der Waals surface area contributed by atoms with Crippen molar-refractivity contribution < 1.29 is 9.59 Å². The van der Waals surface area contributed by atoms with Crippen LogP contribution in [-0.2, 0) is 9.59 Å². The molecule has 0 heterocycles. The van der Waals surface area contributed by atoms with E-state index in [9.17, 15) is 9.59 Å². The van der Waals surface area contributed by atoms with Gasteiger partial charge in [0.2, 0.25) is 5.91 Å². The first-order valence-electron chi connectivity index (χ1n) is 6.22. The number of amides is 2. The lowest BCUT2D eigenvalue weighted by atomic mass is 10.1. The Balaban J connectivity index is 2.78. The van der Waals surface area contributed by atoms with Gasteiger partial charge < -0.3 is 10.6 Å². The van der Waals surface area contributed by atoms with Crippen molar-refractivity contribution in [2.24, 2.45) is 0 Å². The topological polar surface area (TPSA) is 58.2 Å². The Hall–Kier alpha value is -2.10. The molecular weight excluding hydrogens is 240 g/mol. The van der Waals surface area contributed by atoms with Crippen molar-refractivity contribution in [3.63, 3.8) is 0 Å². The largest absolute Gasteiger partial charge is 0.344 e. The van der Waals surface area contributed by atoms with E-state index in [0.29, 0.717) is 5.70 Å². The van der Waals surface area contributed by atoms with Crippen LogP contribution < -0.4 is 10.6 Å². The standard InChI is InChI=1S/C15H20N2O2/c1-10(2)14(17-12(4)18)15(19)16-11(3)13-8-6-5-7-9-13/h5-9,11H,1-4H3,(H,16,19)(H,17,18)/t11-/m1/s1. The Bertz CT molecular complexity index is 488. The second-order valence-electron chi connectivity index (χ2n) is 4.66. The molecule has 2 N–H and O–H groups in total. The van der Waals surface area contributed by atoms with Crippen LogP contribution in [0.4, 0.5) is 0 Å². The van der Waals surface area contributed by atoms with Gasteiger partial charge in [0.05, 0.1) is 6.04 Å². The molecule has 0 spiro atoms. The third-order valence-electron chi connectivity index (χ3n) is 2.68. The number of carbonyl (C=O) groups excluding carboxylic acids is 2. The Morgan fingerprint density at radius 1 is 1.05 bits per heavy atom. The van der Waals surface area contributed by atoms with Gasteiger partial charge in [0.15, 0.2) is 0 Å². The van der Waals surface area contributed by atoms with Crippen LogP contribution in [0, 0.1) is 0 Å². The summed E-state index contributed by atoms with van der Waals surface area (Å²) in [5.41, 5.74) is 2.11. The molecule has 0 aromatic heterocycles. The summed E-state index contributed by atoms with van der Waals surface area (Å²) < 4.78 is 0. The quantitative estimate of drug-likeness (QED) is 0.816. The van der Waals surface area contributed by atoms with Gasteiger partial charge >= 0.3 is 0 Å². The zero-order chi connectivity index (χ0) is 14.4. The van der Waals surface area contributed by atoms with Crippen LogP contribution in [0.1, 0.15) is 39.3 Å². The van der Waals surface area contributed by atoms with E-state index in [4.69, 9.17) is 0 Å². The molecule has 0 fully saturated rings. The van der Waals surface area contributed by atoms with Crippen molar-refractivity contribution in [2.45, 2.75) is 33.7 Å². The fourth-order valence-corrected chi connectivity index (χ4v) is 1.68. The number of allylic oxidation sites excluding steroid dienone is 1. The zero-order valence-corrected chi connectivity index (χ0v) is 11.8. The van der Waals surface area contributed by atoms with E-state index < -0.39 is 0 Å². The summed E-state index contributed by atoms with van der Waals surface area (Å²) in [6, 6.07) is 9.56. The molecule has 0 aliphatic heterocycles. The second-order valence-corrected chi connectivity index (χ2v) is 4.66. The lowest BCUT2D eigenvalue weighted by Gasteiger charge is -2.17. The van der Waals surface area contributed by atoms with Crippen molar-refractivity contribution in [3.8, 4) is 0 Å². The van der Waals surface area contributed by atoms with Crippen molar-refractivity contribution in [3.05, 3.63) is 47.2 Å². The molecular formula is C15H20N2O2. The van der Waals surface area contributed by atoms with Crippen LogP contribution in [0.3, 0.4) is 0 Å². The monoisotopic (exact) mass is 260 g/mol. The predicted octanol–water partition coefficient (Wildman–Crippen LogP) is 2.29. The van der Waals surface area contributed by atoms with Gasteiger partial charge in [0.25, 0.3) is 5.91 Å². The van der Waals surface area contributed by atoms with Crippen LogP contribution in [0.25, 0.3) is 0 Å². The lowest BCUT2D eigenvalue weighted by Crippen LogP contribution is -2.36. The number of carbonyl (C=O) groups is 2. The van der Waals surface area contributed by atoms with Crippen LogP contribution in [0.15, 0.2) is 41.6 Å². The van der Waals surface area contributed by atoms with E-state index >= 15 is 0 Å².